The Kier molecular flexibility index (Phi) is 27.8. The molecule has 0 spiro atoms. The lowest BCUT2D eigenvalue weighted by Crippen LogP contribution is -2.60. The van der Waals surface area contributed by atoms with Gasteiger partial charge in [-0.3, -0.25) is 53.1 Å². The number of nitrogens with one attached hydrogen (secondary N) is 2. The fourth-order valence-corrected chi connectivity index (χ4v) is 11.8. The van der Waals surface area contributed by atoms with E-state index in [4.69, 9.17) is 28.4 Å². The van der Waals surface area contributed by atoms with Crippen LogP contribution in [0.15, 0.2) is 72.8 Å². The summed E-state index contributed by atoms with van der Waals surface area (Å²) in [6.45, 7) is 28.0. The number of benzene rings is 3. The summed E-state index contributed by atoms with van der Waals surface area (Å²) < 4.78 is 35.3. The normalized spacial score (nSPS) is 16.1. The van der Waals surface area contributed by atoms with E-state index in [0.717, 1.165) is 24.8 Å². The van der Waals surface area contributed by atoms with Crippen LogP contribution >= 0.6 is 0 Å². The Hall–Kier alpha value is -6.70. The maximum Gasteiger partial charge on any atom is 0.320 e. The van der Waals surface area contributed by atoms with Crippen LogP contribution in [0.3, 0.4) is 0 Å². The molecule has 0 heterocycles. The Bertz CT molecular complexity index is 2800. The third kappa shape index (κ3) is 27.2. The lowest BCUT2D eigenvalue weighted by molar-refractivity contribution is -0.164. The number of hydrogen-bond donors (Lipinski definition) is 2. The predicted octanol–water partition coefficient (Wildman–Crippen LogP) is 11.3. The predicted molar refractivity (Wildman–Crippen MR) is 352 cm³/mol. The lowest BCUT2D eigenvalue weighted by Gasteiger charge is -2.46. The zero-order valence-electron chi connectivity index (χ0n) is 57.5. The van der Waals surface area contributed by atoms with Gasteiger partial charge in [0.05, 0.1) is 38.6 Å². The maximum absolute atomic E-state index is 14.2. The molecule has 2 unspecified atom stereocenters. The Balaban J connectivity index is 1.28. The summed E-state index contributed by atoms with van der Waals surface area (Å²) in [7, 11) is 0. The van der Waals surface area contributed by atoms with Gasteiger partial charge in [-0.1, -0.05) is 86.8 Å². The molecule has 1 saturated carbocycles. The smallest absolute Gasteiger partial charge is 0.320 e. The molecule has 4 atom stereocenters. The van der Waals surface area contributed by atoms with Gasteiger partial charge in [-0.25, -0.2) is 0 Å². The number of carbonyl (C=O) groups is 8. The molecule has 0 aliphatic heterocycles. The summed E-state index contributed by atoms with van der Waals surface area (Å²) in [5, 5.41) is 5.90. The Morgan fingerprint density at radius 3 is 1.41 bits per heavy atom. The third-order valence-electron chi connectivity index (χ3n) is 15.4. The van der Waals surface area contributed by atoms with Crippen molar-refractivity contribution >= 4 is 53.3 Å². The van der Waals surface area contributed by atoms with Crippen LogP contribution in [0.2, 0.25) is 0 Å². The van der Waals surface area contributed by atoms with Gasteiger partial charge in [-0.2, -0.15) is 0 Å². The van der Waals surface area contributed by atoms with Gasteiger partial charge in [-0.15, -0.1) is 0 Å². The molecule has 0 bridgehead atoms. The van der Waals surface area contributed by atoms with Gasteiger partial charge in [0.25, 0.3) is 0 Å². The van der Waals surface area contributed by atoms with Crippen LogP contribution in [0.5, 0.6) is 0 Å². The molecule has 5 rings (SSSR count). The number of carbonyl (C=O) groups excluding carboxylic acids is 8. The molecule has 0 aromatic heterocycles. The van der Waals surface area contributed by atoms with Crippen LogP contribution < -0.4 is 10.6 Å². The number of hydrogen-bond acceptors (Lipinski definition) is 17. The van der Waals surface area contributed by atoms with E-state index < -0.39 is 76.0 Å². The Morgan fingerprint density at radius 2 is 0.945 bits per heavy atom. The van der Waals surface area contributed by atoms with Crippen molar-refractivity contribution in [2.45, 2.75) is 240 Å². The van der Waals surface area contributed by atoms with E-state index in [1.807, 2.05) is 48.2 Å². The van der Waals surface area contributed by atoms with Gasteiger partial charge in [-0.05, 0) is 189 Å². The molecule has 2 aliphatic carbocycles. The maximum atomic E-state index is 14.2. The van der Waals surface area contributed by atoms with Gasteiger partial charge >= 0.3 is 35.8 Å². The second-order valence-corrected chi connectivity index (χ2v) is 29.4. The van der Waals surface area contributed by atoms with Gasteiger partial charge in [0, 0.05) is 55.7 Å². The molecular weight excluding hydrogens is 1160 g/mol. The van der Waals surface area contributed by atoms with E-state index >= 15 is 0 Å². The SMILES string of the molecule is CCC(CCCCNC(=O)CCCC(=O)Nc1ccc(C[C@H](CN(CC(=O)OC(C)(C)C)C2CCCC[C@@H]2N(CC(=O)OC(C)(C)C)CC(=O)OC(C)(C)C)N(CC(=O)OC(C)(C)C)CC(=O)OC(C)(C)C)cc1)C(=O)OCC1c2ccccc2-c2ccccc21. The molecule has 3 aromatic rings. The number of ether oxygens (including phenoxy) is 6. The van der Waals surface area contributed by atoms with Gasteiger partial charge in [0.15, 0.2) is 0 Å². The van der Waals surface area contributed by atoms with Crippen molar-refractivity contribution in [1.29, 1.82) is 0 Å². The molecule has 19 nitrogen and oxygen atoms in total. The van der Waals surface area contributed by atoms with Gasteiger partial charge in [0.2, 0.25) is 11.8 Å². The highest BCUT2D eigenvalue weighted by Gasteiger charge is 2.41. The van der Waals surface area contributed by atoms with E-state index in [9.17, 15) is 38.4 Å². The number of unbranched alkanes of at least 4 members (excludes halogenated alkanes) is 1. The fourth-order valence-electron chi connectivity index (χ4n) is 11.8. The van der Waals surface area contributed by atoms with Crippen LogP contribution in [0, 0.1) is 5.92 Å². The Labute approximate surface area is 542 Å². The summed E-state index contributed by atoms with van der Waals surface area (Å²) in [4.78, 5) is 115. The van der Waals surface area contributed by atoms with E-state index in [-0.39, 0.29) is 94.8 Å². The number of amides is 2. The lowest BCUT2D eigenvalue weighted by atomic mass is 9.87. The van der Waals surface area contributed by atoms with Crippen LogP contribution in [-0.4, -0.2) is 161 Å². The second kappa shape index (κ2) is 33.7. The first-order chi connectivity index (χ1) is 42.4. The quantitative estimate of drug-likeness (QED) is 0.0347. The van der Waals surface area contributed by atoms with E-state index in [0.29, 0.717) is 50.8 Å². The van der Waals surface area contributed by atoms with Crippen molar-refractivity contribution in [3.8, 4) is 11.1 Å². The topological polar surface area (TPSA) is 226 Å². The fraction of sp³-hybridized carbons (Fsp3) is 0.639. The average Bonchev–Trinajstić information content (AvgIpc) is 1.66. The minimum absolute atomic E-state index is 0.00190. The monoisotopic (exact) mass is 1270 g/mol. The molecule has 3 aromatic carbocycles. The van der Waals surface area contributed by atoms with Crippen molar-refractivity contribution in [1.82, 2.24) is 20.0 Å². The zero-order chi connectivity index (χ0) is 67.5. The van der Waals surface area contributed by atoms with Crippen molar-refractivity contribution in [3.63, 3.8) is 0 Å². The first kappa shape index (κ1) is 75.0. The molecular formula is C72H107N5O14. The molecule has 19 heteroatoms. The summed E-state index contributed by atoms with van der Waals surface area (Å²) in [6, 6.07) is 22.1. The van der Waals surface area contributed by atoms with E-state index in [1.54, 1.807) is 126 Å². The van der Waals surface area contributed by atoms with Crippen LogP contribution in [0.4, 0.5) is 5.69 Å². The standard InChI is InChI=1S/C72H107N5O14/c1-17-50(67(85)86-48-57-55-30-20-18-28-53(55)54-29-19-21-31-56(54)57)27-24-25-40-73-60(78)34-26-35-61(79)74-51-38-36-49(37-39-51)41-52(75(43-62(80)87-68(2,3)4)44-63(81)88-69(5,6)7)42-76(45-64(82)89-70(8,9)10)58-32-22-23-33-59(58)77(46-65(83)90-71(11,12)13)47-66(84)91-72(14,15)16/h18-21,28-31,36-39,50,52,57-59H,17,22-27,32-35,40-48H2,1-16H3,(H,73,78)(H,74,79)/t50?,52-,58?,59+/m1/s1. The minimum atomic E-state index is -0.862. The molecule has 0 radical (unpaired) electrons. The summed E-state index contributed by atoms with van der Waals surface area (Å²) in [5.74, 6) is -3.63. The highest BCUT2D eigenvalue weighted by molar-refractivity contribution is 5.91. The number of nitrogens with zero attached hydrogens (tertiary/aromatic N) is 3. The van der Waals surface area contributed by atoms with Crippen molar-refractivity contribution in [2.24, 2.45) is 5.92 Å². The highest BCUT2D eigenvalue weighted by atomic mass is 16.6. The van der Waals surface area contributed by atoms with Crippen molar-refractivity contribution in [3.05, 3.63) is 89.5 Å². The minimum Gasteiger partial charge on any atom is -0.464 e. The van der Waals surface area contributed by atoms with Crippen molar-refractivity contribution < 1.29 is 66.8 Å². The molecule has 504 valence electrons. The van der Waals surface area contributed by atoms with Gasteiger partial charge in [0.1, 0.15) is 34.6 Å². The van der Waals surface area contributed by atoms with Crippen molar-refractivity contribution in [2.75, 3.05) is 57.7 Å². The summed E-state index contributed by atoms with van der Waals surface area (Å²) >= 11 is 0. The summed E-state index contributed by atoms with van der Waals surface area (Å²) in [5.41, 5.74) is 1.80. The number of esters is 6. The summed E-state index contributed by atoms with van der Waals surface area (Å²) in [6.07, 6.45) is 6.21. The highest BCUT2D eigenvalue weighted by Crippen LogP contribution is 2.45. The number of anilines is 1. The molecule has 2 N–H and O–H groups in total. The molecule has 0 saturated heterocycles. The number of rotatable bonds is 31. The van der Waals surface area contributed by atoms with Crippen LogP contribution in [0.25, 0.3) is 11.1 Å². The molecule has 2 aliphatic rings. The first-order valence-electron chi connectivity index (χ1n) is 32.8. The molecule has 2 amide bonds. The van der Waals surface area contributed by atoms with E-state index in [1.165, 1.54) is 22.3 Å². The second-order valence-electron chi connectivity index (χ2n) is 29.4. The largest absolute Gasteiger partial charge is 0.464 e. The van der Waals surface area contributed by atoms with Crippen LogP contribution in [0.1, 0.15) is 204 Å². The molecule has 1 fully saturated rings. The zero-order valence-corrected chi connectivity index (χ0v) is 57.5. The van der Waals surface area contributed by atoms with Gasteiger partial charge < -0.3 is 39.1 Å². The third-order valence-corrected chi connectivity index (χ3v) is 15.4. The first-order valence-corrected chi connectivity index (χ1v) is 32.8. The Morgan fingerprint density at radius 1 is 0.516 bits per heavy atom. The number of fused-ring (bicyclic) bond motifs is 3. The average molecular weight is 1270 g/mol. The van der Waals surface area contributed by atoms with Crippen LogP contribution in [-0.2, 0) is 73.2 Å². The van der Waals surface area contributed by atoms with E-state index in [2.05, 4.69) is 34.9 Å². The molecule has 91 heavy (non-hydrogen) atoms.